The minimum atomic E-state index is -0.373. The SMILES string of the molecule is NC(CCc1ccc(Cl)cc1[N+](=O)[O-])C1CCCC1. The lowest BCUT2D eigenvalue weighted by Crippen LogP contribution is -2.28. The Kier molecular flexibility index (Phi) is 4.77. The summed E-state index contributed by atoms with van der Waals surface area (Å²) in [5, 5.41) is 11.4. The van der Waals surface area contributed by atoms with E-state index in [9.17, 15) is 10.1 Å². The molecule has 2 rings (SSSR count). The fraction of sp³-hybridized carbons (Fsp3) is 0.571. The molecule has 1 aliphatic carbocycles. The van der Waals surface area contributed by atoms with Crippen LogP contribution < -0.4 is 5.73 Å². The summed E-state index contributed by atoms with van der Waals surface area (Å²) < 4.78 is 0. The van der Waals surface area contributed by atoms with E-state index in [2.05, 4.69) is 0 Å². The predicted octanol–water partition coefficient (Wildman–Crippen LogP) is 3.70. The van der Waals surface area contributed by atoms with Crippen molar-refractivity contribution in [3.63, 3.8) is 0 Å². The first-order valence-corrected chi connectivity index (χ1v) is 7.14. The maximum Gasteiger partial charge on any atom is 0.274 e. The van der Waals surface area contributed by atoms with Gasteiger partial charge in [0.2, 0.25) is 0 Å². The Morgan fingerprint density at radius 1 is 1.42 bits per heavy atom. The van der Waals surface area contributed by atoms with Gasteiger partial charge in [0, 0.05) is 22.7 Å². The van der Waals surface area contributed by atoms with Gasteiger partial charge < -0.3 is 5.73 Å². The fourth-order valence-corrected chi connectivity index (χ4v) is 3.03. The summed E-state index contributed by atoms with van der Waals surface area (Å²) in [7, 11) is 0. The molecule has 19 heavy (non-hydrogen) atoms. The van der Waals surface area contributed by atoms with Gasteiger partial charge in [0.1, 0.15) is 0 Å². The molecule has 0 amide bonds. The summed E-state index contributed by atoms with van der Waals surface area (Å²) >= 11 is 5.80. The highest BCUT2D eigenvalue weighted by Gasteiger charge is 2.23. The fourth-order valence-electron chi connectivity index (χ4n) is 2.86. The second kappa shape index (κ2) is 6.35. The number of nitrogens with zero attached hydrogens (tertiary/aromatic N) is 1. The Bertz CT molecular complexity index is 459. The van der Waals surface area contributed by atoms with E-state index in [1.165, 1.54) is 31.7 Å². The zero-order valence-electron chi connectivity index (χ0n) is 10.8. The molecule has 104 valence electrons. The second-order valence-corrected chi connectivity index (χ2v) is 5.71. The summed E-state index contributed by atoms with van der Waals surface area (Å²) in [4.78, 5) is 10.6. The topological polar surface area (TPSA) is 69.2 Å². The van der Waals surface area contributed by atoms with Gasteiger partial charge in [-0.3, -0.25) is 10.1 Å². The van der Waals surface area contributed by atoms with E-state index >= 15 is 0 Å². The molecule has 0 aliphatic heterocycles. The molecule has 1 aromatic carbocycles. The van der Waals surface area contributed by atoms with Crippen molar-refractivity contribution >= 4 is 17.3 Å². The molecule has 0 spiro atoms. The first-order chi connectivity index (χ1) is 9.08. The second-order valence-electron chi connectivity index (χ2n) is 5.28. The molecule has 0 saturated heterocycles. The standard InChI is InChI=1S/C14H19ClN2O2/c15-12-7-5-11(14(9-12)17(18)19)6-8-13(16)10-3-1-2-4-10/h5,7,9-10,13H,1-4,6,8,16H2. The third-order valence-electron chi connectivity index (χ3n) is 4.00. The number of nitro groups is 1. The van der Waals surface area contributed by atoms with Gasteiger partial charge in [0.15, 0.2) is 0 Å². The summed E-state index contributed by atoms with van der Waals surface area (Å²) in [5.41, 5.74) is 7.01. The highest BCUT2D eigenvalue weighted by Crippen LogP contribution is 2.30. The van der Waals surface area contributed by atoms with Crippen LogP contribution in [0.4, 0.5) is 5.69 Å². The van der Waals surface area contributed by atoms with Crippen molar-refractivity contribution in [2.24, 2.45) is 11.7 Å². The Morgan fingerprint density at radius 3 is 2.74 bits per heavy atom. The number of nitro benzene ring substituents is 1. The zero-order chi connectivity index (χ0) is 13.8. The van der Waals surface area contributed by atoms with Gasteiger partial charge in [0.05, 0.1) is 4.92 Å². The molecule has 5 heteroatoms. The molecule has 4 nitrogen and oxygen atoms in total. The lowest BCUT2D eigenvalue weighted by molar-refractivity contribution is -0.385. The van der Waals surface area contributed by atoms with E-state index in [0.29, 0.717) is 17.4 Å². The van der Waals surface area contributed by atoms with E-state index in [4.69, 9.17) is 17.3 Å². The minimum absolute atomic E-state index is 0.103. The monoisotopic (exact) mass is 282 g/mol. The Balaban J connectivity index is 2.00. The number of hydrogen-bond acceptors (Lipinski definition) is 3. The average molecular weight is 283 g/mol. The molecule has 1 fully saturated rings. The van der Waals surface area contributed by atoms with Gasteiger partial charge in [-0.2, -0.15) is 0 Å². The normalized spacial score (nSPS) is 17.6. The van der Waals surface area contributed by atoms with E-state index in [1.807, 2.05) is 0 Å². The maximum absolute atomic E-state index is 11.0. The number of hydrogen-bond donors (Lipinski definition) is 1. The van der Waals surface area contributed by atoms with Gasteiger partial charge >= 0.3 is 0 Å². The molecule has 1 unspecified atom stereocenters. The van der Waals surface area contributed by atoms with Crippen LogP contribution in [0.3, 0.4) is 0 Å². The molecular formula is C14H19ClN2O2. The zero-order valence-corrected chi connectivity index (χ0v) is 11.6. The lowest BCUT2D eigenvalue weighted by Gasteiger charge is -2.18. The molecule has 2 N–H and O–H groups in total. The summed E-state index contributed by atoms with van der Waals surface area (Å²) in [6.07, 6.45) is 6.37. The van der Waals surface area contributed by atoms with Gasteiger partial charge in [0.25, 0.3) is 5.69 Å². The summed E-state index contributed by atoms with van der Waals surface area (Å²) in [6.45, 7) is 0. The Labute approximate surface area is 118 Å². The van der Waals surface area contributed by atoms with Gasteiger partial charge in [-0.15, -0.1) is 0 Å². The predicted molar refractivity (Wildman–Crippen MR) is 76.4 cm³/mol. The van der Waals surface area contributed by atoms with Crippen molar-refractivity contribution in [2.75, 3.05) is 0 Å². The van der Waals surface area contributed by atoms with Crippen molar-refractivity contribution < 1.29 is 4.92 Å². The third-order valence-corrected chi connectivity index (χ3v) is 4.23. The van der Waals surface area contributed by atoms with E-state index in [0.717, 1.165) is 12.0 Å². The minimum Gasteiger partial charge on any atom is -0.327 e. The number of nitrogens with two attached hydrogens (primary N) is 1. The van der Waals surface area contributed by atoms with Crippen LogP contribution in [0, 0.1) is 16.0 Å². The Hall–Kier alpha value is -1.13. The molecule has 0 bridgehead atoms. The van der Waals surface area contributed by atoms with E-state index in [1.54, 1.807) is 12.1 Å². The molecule has 0 radical (unpaired) electrons. The van der Waals surface area contributed by atoms with Gasteiger partial charge in [-0.25, -0.2) is 0 Å². The van der Waals surface area contributed by atoms with Crippen LogP contribution in [0.2, 0.25) is 5.02 Å². The highest BCUT2D eigenvalue weighted by atomic mass is 35.5. The highest BCUT2D eigenvalue weighted by molar-refractivity contribution is 6.30. The molecule has 0 heterocycles. The Morgan fingerprint density at radius 2 is 2.11 bits per heavy atom. The summed E-state index contributed by atoms with van der Waals surface area (Å²) in [6, 6.07) is 5.00. The van der Waals surface area contributed by atoms with Gasteiger partial charge in [-0.05, 0) is 37.7 Å². The van der Waals surface area contributed by atoms with Crippen LogP contribution in [-0.4, -0.2) is 11.0 Å². The number of aryl methyl sites for hydroxylation is 1. The molecule has 0 aromatic heterocycles. The van der Waals surface area contributed by atoms with Crippen LogP contribution in [0.15, 0.2) is 18.2 Å². The van der Waals surface area contributed by atoms with Crippen molar-refractivity contribution in [3.05, 3.63) is 38.9 Å². The average Bonchev–Trinajstić information content (AvgIpc) is 2.90. The molecule has 1 saturated carbocycles. The molecule has 1 atom stereocenters. The van der Waals surface area contributed by atoms with Crippen LogP contribution in [-0.2, 0) is 6.42 Å². The number of halogens is 1. The molecular weight excluding hydrogens is 264 g/mol. The van der Waals surface area contributed by atoms with E-state index < -0.39 is 0 Å². The smallest absolute Gasteiger partial charge is 0.274 e. The van der Waals surface area contributed by atoms with Crippen molar-refractivity contribution in [2.45, 2.75) is 44.6 Å². The van der Waals surface area contributed by atoms with Crippen LogP contribution >= 0.6 is 11.6 Å². The summed E-state index contributed by atoms with van der Waals surface area (Å²) in [5.74, 6) is 0.589. The lowest BCUT2D eigenvalue weighted by atomic mass is 9.93. The number of benzene rings is 1. The molecule has 1 aliphatic rings. The molecule has 1 aromatic rings. The quantitative estimate of drug-likeness (QED) is 0.661. The van der Waals surface area contributed by atoms with Gasteiger partial charge in [-0.1, -0.05) is 30.5 Å². The van der Waals surface area contributed by atoms with Crippen LogP contribution in [0.25, 0.3) is 0 Å². The van der Waals surface area contributed by atoms with Crippen molar-refractivity contribution in [3.8, 4) is 0 Å². The first-order valence-electron chi connectivity index (χ1n) is 6.76. The largest absolute Gasteiger partial charge is 0.327 e. The van der Waals surface area contributed by atoms with E-state index in [-0.39, 0.29) is 16.7 Å². The third kappa shape index (κ3) is 3.67. The number of rotatable bonds is 5. The van der Waals surface area contributed by atoms with Crippen LogP contribution in [0.5, 0.6) is 0 Å². The maximum atomic E-state index is 11.0. The van der Waals surface area contributed by atoms with Crippen molar-refractivity contribution in [1.29, 1.82) is 0 Å². The van der Waals surface area contributed by atoms with Crippen LogP contribution in [0.1, 0.15) is 37.7 Å². The van der Waals surface area contributed by atoms with Crippen molar-refractivity contribution in [1.82, 2.24) is 0 Å². The first kappa shape index (κ1) is 14.3.